The van der Waals surface area contributed by atoms with Crippen molar-refractivity contribution >= 4 is 21.4 Å². The molecule has 2 heterocycles. The van der Waals surface area contributed by atoms with E-state index in [1.54, 1.807) is 0 Å². The van der Waals surface area contributed by atoms with E-state index < -0.39 is 0 Å². The topological polar surface area (TPSA) is 24.9 Å². The van der Waals surface area contributed by atoms with Crippen LogP contribution in [-0.4, -0.2) is 18.1 Å². The van der Waals surface area contributed by atoms with Gasteiger partial charge in [0.2, 0.25) is 0 Å². The van der Waals surface area contributed by atoms with E-state index in [0.717, 1.165) is 12.8 Å². The number of nitrogens with one attached hydrogen (secondary N) is 1. The van der Waals surface area contributed by atoms with Gasteiger partial charge in [-0.05, 0) is 53.9 Å². The standard InChI is InChI=1S/C17H18N2S/c1-18-15(9-13-5-4-8-19-11-13)10-14-12-20-17-7-3-2-6-16(14)17/h2-8,11-12,15,18H,9-10H2,1H3. The number of fused-ring (bicyclic) bond motifs is 1. The Morgan fingerprint density at radius 1 is 1.15 bits per heavy atom. The van der Waals surface area contributed by atoms with E-state index in [1.807, 2.05) is 36.8 Å². The molecule has 0 aliphatic rings. The third kappa shape index (κ3) is 2.89. The third-order valence-corrected chi connectivity index (χ3v) is 4.65. The Morgan fingerprint density at radius 2 is 2.05 bits per heavy atom. The van der Waals surface area contributed by atoms with Crippen molar-refractivity contribution in [3.63, 3.8) is 0 Å². The number of hydrogen-bond acceptors (Lipinski definition) is 3. The van der Waals surface area contributed by atoms with E-state index in [0.29, 0.717) is 6.04 Å². The maximum atomic E-state index is 4.19. The molecule has 1 unspecified atom stereocenters. The average molecular weight is 282 g/mol. The molecule has 20 heavy (non-hydrogen) atoms. The number of likely N-dealkylation sites (N-methyl/N-ethyl adjacent to an activating group) is 1. The van der Waals surface area contributed by atoms with E-state index in [9.17, 15) is 0 Å². The van der Waals surface area contributed by atoms with Crippen molar-refractivity contribution in [3.8, 4) is 0 Å². The van der Waals surface area contributed by atoms with E-state index >= 15 is 0 Å². The van der Waals surface area contributed by atoms with E-state index in [-0.39, 0.29) is 0 Å². The molecule has 1 atom stereocenters. The zero-order chi connectivity index (χ0) is 13.8. The number of rotatable bonds is 5. The monoisotopic (exact) mass is 282 g/mol. The molecule has 2 aromatic heterocycles. The fraction of sp³-hybridized carbons (Fsp3) is 0.235. The summed E-state index contributed by atoms with van der Waals surface area (Å²) in [7, 11) is 2.04. The van der Waals surface area contributed by atoms with Gasteiger partial charge in [-0.1, -0.05) is 24.3 Å². The molecule has 3 heteroatoms. The van der Waals surface area contributed by atoms with Crippen LogP contribution in [0.5, 0.6) is 0 Å². The van der Waals surface area contributed by atoms with Crippen LogP contribution in [0.25, 0.3) is 10.1 Å². The lowest BCUT2D eigenvalue weighted by Gasteiger charge is -2.15. The smallest absolute Gasteiger partial charge is 0.0345 e. The van der Waals surface area contributed by atoms with Gasteiger partial charge in [0, 0.05) is 23.1 Å². The highest BCUT2D eigenvalue weighted by atomic mass is 32.1. The largest absolute Gasteiger partial charge is 0.316 e. The number of pyridine rings is 1. The van der Waals surface area contributed by atoms with E-state index in [2.05, 4.69) is 46.0 Å². The molecular weight excluding hydrogens is 264 g/mol. The second kappa shape index (κ2) is 6.16. The average Bonchev–Trinajstić information content (AvgIpc) is 2.91. The zero-order valence-corrected chi connectivity index (χ0v) is 12.4. The van der Waals surface area contributed by atoms with Crippen LogP contribution in [0.15, 0.2) is 54.2 Å². The molecule has 3 aromatic rings. The lowest BCUT2D eigenvalue weighted by Crippen LogP contribution is -2.29. The first kappa shape index (κ1) is 13.3. The van der Waals surface area contributed by atoms with Gasteiger partial charge in [-0.25, -0.2) is 0 Å². The molecule has 0 aliphatic carbocycles. The highest BCUT2D eigenvalue weighted by Gasteiger charge is 2.11. The van der Waals surface area contributed by atoms with E-state index in [4.69, 9.17) is 0 Å². The van der Waals surface area contributed by atoms with Crippen LogP contribution in [0.4, 0.5) is 0 Å². The van der Waals surface area contributed by atoms with Gasteiger partial charge >= 0.3 is 0 Å². The molecule has 102 valence electrons. The molecule has 0 bridgehead atoms. The Labute approximate surface area is 123 Å². The Kier molecular flexibility index (Phi) is 4.09. The molecule has 0 saturated heterocycles. The first-order valence-corrected chi connectivity index (χ1v) is 7.76. The van der Waals surface area contributed by atoms with Crippen LogP contribution in [-0.2, 0) is 12.8 Å². The second-order valence-electron chi connectivity index (χ2n) is 5.01. The maximum absolute atomic E-state index is 4.19. The number of thiophene rings is 1. The molecule has 1 N–H and O–H groups in total. The van der Waals surface area contributed by atoms with Crippen molar-refractivity contribution < 1.29 is 0 Å². The number of aromatic nitrogens is 1. The van der Waals surface area contributed by atoms with Gasteiger partial charge in [0.1, 0.15) is 0 Å². The quantitative estimate of drug-likeness (QED) is 0.772. The molecule has 0 aliphatic heterocycles. The number of nitrogens with zero attached hydrogens (tertiary/aromatic N) is 1. The summed E-state index contributed by atoms with van der Waals surface area (Å²) in [5.41, 5.74) is 2.72. The summed E-state index contributed by atoms with van der Waals surface area (Å²) >= 11 is 1.83. The first-order chi connectivity index (χ1) is 9.86. The lowest BCUT2D eigenvalue weighted by molar-refractivity contribution is 0.558. The minimum atomic E-state index is 0.442. The molecule has 0 spiro atoms. The van der Waals surface area contributed by atoms with Crippen molar-refractivity contribution in [1.82, 2.24) is 10.3 Å². The summed E-state index contributed by atoms with van der Waals surface area (Å²) < 4.78 is 1.37. The molecule has 0 radical (unpaired) electrons. The van der Waals surface area contributed by atoms with Crippen LogP contribution in [0.1, 0.15) is 11.1 Å². The van der Waals surface area contributed by atoms with Crippen LogP contribution in [0, 0.1) is 0 Å². The minimum Gasteiger partial charge on any atom is -0.316 e. The Hall–Kier alpha value is -1.71. The fourth-order valence-corrected chi connectivity index (χ4v) is 3.51. The van der Waals surface area contributed by atoms with Crippen LogP contribution in [0.2, 0.25) is 0 Å². The zero-order valence-electron chi connectivity index (χ0n) is 11.5. The van der Waals surface area contributed by atoms with Crippen molar-refractivity contribution in [2.45, 2.75) is 18.9 Å². The van der Waals surface area contributed by atoms with Crippen molar-refractivity contribution in [1.29, 1.82) is 0 Å². The number of hydrogen-bond donors (Lipinski definition) is 1. The van der Waals surface area contributed by atoms with E-state index in [1.165, 1.54) is 21.2 Å². The predicted molar refractivity (Wildman–Crippen MR) is 86.3 cm³/mol. The minimum absolute atomic E-state index is 0.442. The summed E-state index contributed by atoms with van der Waals surface area (Å²) in [6, 6.07) is 13.2. The van der Waals surface area contributed by atoms with Gasteiger partial charge in [0.05, 0.1) is 0 Å². The summed E-state index contributed by atoms with van der Waals surface area (Å²) in [6.07, 6.45) is 5.84. The highest BCUT2D eigenvalue weighted by Crippen LogP contribution is 2.26. The number of benzene rings is 1. The van der Waals surface area contributed by atoms with Crippen LogP contribution < -0.4 is 5.32 Å². The molecule has 1 aromatic carbocycles. The second-order valence-corrected chi connectivity index (χ2v) is 5.92. The van der Waals surface area contributed by atoms with Gasteiger partial charge in [-0.2, -0.15) is 0 Å². The molecule has 2 nitrogen and oxygen atoms in total. The van der Waals surface area contributed by atoms with Crippen molar-refractivity contribution in [3.05, 3.63) is 65.3 Å². The molecule has 0 amide bonds. The predicted octanol–water partition coefficient (Wildman–Crippen LogP) is 3.67. The fourth-order valence-electron chi connectivity index (χ4n) is 2.54. The van der Waals surface area contributed by atoms with Crippen LogP contribution >= 0.6 is 11.3 Å². The Morgan fingerprint density at radius 3 is 2.85 bits per heavy atom. The normalized spacial score (nSPS) is 12.7. The molecule has 0 saturated carbocycles. The Balaban J connectivity index is 1.78. The van der Waals surface area contributed by atoms with Gasteiger partial charge in [-0.15, -0.1) is 11.3 Å². The van der Waals surface area contributed by atoms with Gasteiger partial charge in [-0.3, -0.25) is 4.98 Å². The summed E-state index contributed by atoms with van der Waals surface area (Å²) in [6.45, 7) is 0. The maximum Gasteiger partial charge on any atom is 0.0345 e. The lowest BCUT2D eigenvalue weighted by atomic mass is 9.99. The van der Waals surface area contributed by atoms with Gasteiger partial charge in [0.25, 0.3) is 0 Å². The third-order valence-electron chi connectivity index (χ3n) is 3.64. The Bertz CT molecular complexity index is 676. The molecule has 3 rings (SSSR count). The molecule has 0 fully saturated rings. The van der Waals surface area contributed by atoms with Crippen LogP contribution in [0.3, 0.4) is 0 Å². The summed E-state index contributed by atoms with van der Waals surface area (Å²) in [5, 5.41) is 7.11. The SMILES string of the molecule is CNC(Cc1cccnc1)Cc1csc2ccccc12. The van der Waals surface area contributed by atoms with Gasteiger partial charge < -0.3 is 5.32 Å². The van der Waals surface area contributed by atoms with Crippen molar-refractivity contribution in [2.75, 3.05) is 7.05 Å². The first-order valence-electron chi connectivity index (χ1n) is 6.88. The highest BCUT2D eigenvalue weighted by molar-refractivity contribution is 7.17. The summed E-state index contributed by atoms with van der Waals surface area (Å²) in [4.78, 5) is 4.19. The van der Waals surface area contributed by atoms with Gasteiger partial charge in [0.15, 0.2) is 0 Å². The molecular formula is C17H18N2S. The summed E-state index contributed by atoms with van der Waals surface area (Å²) in [5.74, 6) is 0. The van der Waals surface area contributed by atoms with Crippen molar-refractivity contribution in [2.24, 2.45) is 0 Å².